The van der Waals surface area contributed by atoms with E-state index >= 15 is 0 Å². The first kappa shape index (κ1) is 10.0. The van der Waals surface area contributed by atoms with Crippen LogP contribution in [0.3, 0.4) is 0 Å². The molecule has 2 heteroatoms. The highest BCUT2D eigenvalue weighted by atomic mass is 14.9. The van der Waals surface area contributed by atoms with E-state index in [1.165, 1.54) is 12.8 Å². The predicted molar refractivity (Wildman–Crippen MR) is 53.0 cm³/mol. The van der Waals surface area contributed by atoms with Crippen LogP contribution in [0.5, 0.6) is 0 Å². The van der Waals surface area contributed by atoms with Gasteiger partial charge in [-0.15, -0.1) is 0 Å². The van der Waals surface area contributed by atoms with Crippen molar-refractivity contribution in [1.82, 2.24) is 5.32 Å². The van der Waals surface area contributed by atoms with Gasteiger partial charge in [0, 0.05) is 6.04 Å². The summed E-state index contributed by atoms with van der Waals surface area (Å²) in [5, 5.41) is 3.42. The van der Waals surface area contributed by atoms with Crippen LogP contribution in [-0.2, 0) is 0 Å². The third-order valence-electron chi connectivity index (χ3n) is 3.07. The molecule has 0 heterocycles. The molecular weight excluding hydrogens is 148 g/mol. The average Bonchev–Trinajstić information content (AvgIpc) is 2.68. The van der Waals surface area contributed by atoms with Crippen LogP contribution in [0.25, 0.3) is 0 Å². The lowest BCUT2D eigenvalue weighted by Crippen LogP contribution is -2.48. The second kappa shape index (κ2) is 3.00. The van der Waals surface area contributed by atoms with Gasteiger partial charge < -0.3 is 11.1 Å². The Kier molecular flexibility index (Phi) is 2.50. The van der Waals surface area contributed by atoms with Crippen molar-refractivity contribution in [1.29, 1.82) is 0 Å². The standard InChI is InChI=1S/C10H22N2/c1-9(2,3)8(12-4)10(7-11)5-6-10/h8,12H,5-7,11H2,1-4H3. The van der Waals surface area contributed by atoms with Crippen molar-refractivity contribution in [3.8, 4) is 0 Å². The zero-order valence-corrected chi connectivity index (χ0v) is 8.78. The van der Waals surface area contributed by atoms with E-state index in [0.29, 0.717) is 16.9 Å². The first-order valence-corrected chi connectivity index (χ1v) is 4.83. The lowest BCUT2D eigenvalue weighted by Gasteiger charge is -2.37. The second-order valence-corrected chi connectivity index (χ2v) is 5.15. The zero-order chi connectivity index (χ0) is 9.41. The van der Waals surface area contributed by atoms with E-state index in [0.717, 1.165) is 6.54 Å². The first-order valence-electron chi connectivity index (χ1n) is 4.83. The fraction of sp³-hybridized carbons (Fsp3) is 1.00. The maximum atomic E-state index is 5.80. The molecule has 0 aromatic rings. The van der Waals surface area contributed by atoms with Gasteiger partial charge in [-0.2, -0.15) is 0 Å². The van der Waals surface area contributed by atoms with E-state index in [9.17, 15) is 0 Å². The van der Waals surface area contributed by atoms with Gasteiger partial charge in [0.2, 0.25) is 0 Å². The monoisotopic (exact) mass is 170 g/mol. The third-order valence-corrected chi connectivity index (χ3v) is 3.07. The molecular formula is C10H22N2. The van der Waals surface area contributed by atoms with Crippen molar-refractivity contribution in [3.05, 3.63) is 0 Å². The Hall–Kier alpha value is -0.0800. The molecule has 0 aromatic carbocycles. The van der Waals surface area contributed by atoms with Crippen LogP contribution in [0.15, 0.2) is 0 Å². The Morgan fingerprint density at radius 2 is 1.92 bits per heavy atom. The third kappa shape index (κ3) is 1.64. The molecule has 72 valence electrons. The summed E-state index contributed by atoms with van der Waals surface area (Å²) in [6.45, 7) is 7.67. The smallest absolute Gasteiger partial charge is 0.0181 e. The first-order chi connectivity index (χ1) is 5.46. The summed E-state index contributed by atoms with van der Waals surface area (Å²) in [6.07, 6.45) is 2.60. The average molecular weight is 170 g/mol. The quantitative estimate of drug-likeness (QED) is 0.671. The topological polar surface area (TPSA) is 38.0 Å². The highest BCUT2D eigenvalue weighted by molar-refractivity contribution is 5.06. The normalized spacial score (nSPS) is 23.8. The fourth-order valence-electron chi connectivity index (χ4n) is 2.43. The van der Waals surface area contributed by atoms with E-state index in [2.05, 4.69) is 26.1 Å². The lowest BCUT2D eigenvalue weighted by molar-refractivity contribution is 0.190. The molecule has 0 spiro atoms. The minimum atomic E-state index is 0.324. The predicted octanol–water partition coefficient (Wildman–Crippen LogP) is 1.36. The molecule has 1 aliphatic rings. The van der Waals surface area contributed by atoms with E-state index < -0.39 is 0 Å². The molecule has 1 aliphatic carbocycles. The van der Waals surface area contributed by atoms with Crippen molar-refractivity contribution < 1.29 is 0 Å². The summed E-state index contributed by atoms with van der Waals surface area (Å²) in [4.78, 5) is 0. The second-order valence-electron chi connectivity index (χ2n) is 5.15. The van der Waals surface area contributed by atoms with Crippen molar-refractivity contribution in [2.24, 2.45) is 16.6 Å². The van der Waals surface area contributed by atoms with Crippen molar-refractivity contribution in [2.75, 3.05) is 13.6 Å². The van der Waals surface area contributed by atoms with Gasteiger partial charge in [0.1, 0.15) is 0 Å². The van der Waals surface area contributed by atoms with Crippen molar-refractivity contribution in [2.45, 2.75) is 39.7 Å². The Morgan fingerprint density at radius 3 is 2.00 bits per heavy atom. The number of hydrogen-bond donors (Lipinski definition) is 2. The van der Waals surface area contributed by atoms with E-state index in [-0.39, 0.29) is 0 Å². The summed E-state index contributed by atoms with van der Waals surface area (Å²) in [7, 11) is 2.05. The number of hydrogen-bond acceptors (Lipinski definition) is 2. The lowest BCUT2D eigenvalue weighted by atomic mass is 9.77. The molecule has 0 radical (unpaired) electrons. The Bertz CT molecular complexity index is 154. The largest absolute Gasteiger partial charge is 0.330 e. The van der Waals surface area contributed by atoms with E-state index in [1.807, 2.05) is 7.05 Å². The molecule has 1 rings (SSSR count). The summed E-state index contributed by atoms with van der Waals surface area (Å²) < 4.78 is 0. The van der Waals surface area contributed by atoms with E-state index in [1.54, 1.807) is 0 Å². The Morgan fingerprint density at radius 1 is 1.42 bits per heavy atom. The number of nitrogens with one attached hydrogen (secondary N) is 1. The highest BCUT2D eigenvalue weighted by Crippen LogP contribution is 2.52. The molecule has 1 fully saturated rings. The SMILES string of the molecule is CNC(C(C)(C)C)C1(CN)CC1. The summed E-state index contributed by atoms with van der Waals surface area (Å²) in [5.74, 6) is 0. The molecule has 1 unspecified atom stereocenters. The Balaban J connectivity index is 2.69. The molecule has 0 aromatic heterocycles. The zero-order valence-electron chi connectivity index (χ0n) is 8.78. The molecule has 12 heavy (non-hydrogen) atoms. The van der Waals surface area contributed by atoms with Gasteiger partial charge >= 0.3 is 0 Å². The van der Waals surface area contributed by atoms with Crippen molar-refractivity contribution in [3.63, 3.8) is 0 Å². The summed E-state index contributed by atoms with van der Waals surface area (Å²) in [5.41, 5.74) is 6.54. The van der Waals surface area contributed by atoms with Gasteiger partial charge in [-0.05, 0) is 37.3 Å². The van der Waals surface area contributed by atoms with Crippen LogP contribution in [-0.4, -0.2) is 19.6 Å². The van der Waals surface area contributed by atoms with Crippen LogP contribution in [0.2, 0.25) is 0 Å². The number of rotatable bonds is 3. The highest BCUT2D eigenvalue weighted by Gasteiger charge is 2.51. The van der Waals surface area contributed by atoms with Gasteiger partial charge in [-0.25, -0.2) is 0 Å². The summed E-state index contributed by atoms with van der Waals surface area (Å²) in [6, 6.07) is 0.565. The minimum Gasteiger partial charge on any atom is -0.330 e. The Labute approximate surface area is 75.9 Å². The van der Waals surface area contributed by atoms with Gasteiger partial charge in [0.25, 0.3) is 0 Å². The van der Waals surface area contributed by atoms with Crippen LogP contribution >= 0.6 is 0 Å². The van der Waals surface area contributed by atoms with Gasteiger partial charge in [0.05, 0.1) is 0 Å². The van der Waals surface area contributed by atoms with Gasteiger partial charge in [-0.3, -0.25) is 0 Å². The molecule has 0 bridgehead atoms. The minimum absolute atomic E-state index is 0.324. The van der Waals surface area contributed by atoms with Crippen LogP contribution < -0.4 is 11.1 Å². The number of nitrogens with two attached hydrogens (primary N) is 1. The van der Waals surface area contributed by atoms with Crippen LogP contribution in [0.4, 0.5) is 0 Å². The molecule has 0 amide bonds. The maximum absolute atomic E-state index is 5.80. The molecule has 0 aliphatic heterocycles. The van der Waals surface area contributed by atoms with Crippen LogP contribution in [0, 0.1) is 10.8 Å². The molecule has 1 atom stereocenters. The van der Waals surface area contributed by atoms with Gasteiger partial charge in [0.15, 0.2) is 0 Å². The molecule has 1 saturated carbocycles. The molecule has 3 N–H and O–H groups in total. The molecule has 0 saturated heterocycles. The maximum Gasteiger partial charge on any atom is 0.0181 e. The van der Waals surface area contributed by atoms with Crippen molar-refractivity contribution >= 4 is 0 Å². The van der Waals surface area contributed by atoms with E-state index in [4.69, 9.17) is 5.73 Å². The fourth-order valence-corrected chi connectivity index (χ4v) is 2.43. The van der Waals surface area contributed by atoms with Crippen LogP contribution in [0.1, 0.15) is 33.6 Å². The van der Waals surface area contributed by atoms with Gasteiger partial charge in [-0.1, -0.05) is 20.8 Å². The summed E-state index contributed by atoms with van der Waals surface area (Å²) >= 11 is 0. The molecule has 2 nitrogen and oxygen atoms in total.